The maximum Gasteiger partial charge on any atom is 0.305 e. The van der Waals surface area contributed by atoms with Gasteiger partial charge >= 0.3 is 5.97 Å². The van der Waals surface area contributed by atoms with Gasteiger partial charge in [-0.1, -0.05) is 28.9 Å². The van der Waals surface area contributed by atoms with Crippen molar-refractivity contribution in [2.75, 3.05) is 0 Å². The minimum atomic E-state index is -0.800. The van der Waals surface area contributed by atoms with E-state index in [9.17, 15) is 9.90 Å². The summed E-state index contributed by atoms with van der Waals surface area (Å²) in [5.74, 6) is 0.686. The number of nitrogens with zero attached hydrogens (tertiary/aromatic N) is 3. The van der Waals surface area contributed by atoms with Crippen LogP contribution in [0.25, 0.3) is 33.7 Å². The van der Waals surface area contributed by atoms with E-state index in [1.54, 1.807) is 12.1 Å². The Hall–Kier alpha value is -3.32. The number of rotatable bonds is 7. The zero-order chi connectivity index (χ0) is 23.1. The highest BCUT2D eigenvalue weighted by molar-refractivity contribution is 6.32. The van der Waals surface area contributed by atoms with Crippen LogP contribution >= 0.6 is 11.6 Å². The number of carbonyl (C=O) groups is 1. The molecule has 0 bridgehead atoms. The van der Waals surface area contributed by atoms with Crippen molar-refractivity contribution >= 4 is 28.5 Å². The standard InChI is InChI=1S/C25H24ClN3O4/c1-14(2)32-21-10-9-15(13-18(21)26)25-27-24(28-33-25)17-6-4-8-20-23(17)16-5-3-7-19(16)29(20)12-11-22(30)31/h4,6,8-10,13-14H,3,5,7,11-12H2,1-2H3,(H,30,31). The summed E-state index contributed by atoms with van der Waals surface area (Å²) in [6.45, 7) is 4.34. The minimum Gasteiger partial charge on any atom is -0.489 e. The molecule has 0 aliphatic heterocycles. The van der Waals surface area contributed by atoms with Gasteiger partial charge in [0.25, 0.3) is 5.89 Å². The average molecular weight is 466 g/mol. The molecule has 170 valence electrons. The first-order chi connectivity index (χ1) is 15.9. The van der Waals surface area contributed by atoms with E-state index in [1.807, 2.05) is 38.1 Å². The number of fused-ring (bicyclic) bond motifs is 3. The monoisotopic (exact) mass is 465 g/mol. The summed E-state index contributed by atoms with van der Waals surface area (Å²) in [7, 11) is 0. The molecule has 0 atom stereocenters. The van der Waals surface area contributed by atoms with Crippen molar-refractivity contribution in [3.63, 3.8) is 0 Å². The maximum absolute atomic E-state index is 11.2. The van der Waals surface area contributed by atoms with Crippen LogP contribution in [0.3, 0.4) is 0 Å². The van der Waals surface area contributed by atoms with Gasteiger partial charge < -0.3 is 18.9 Å². The van der Waals surface area contributed by atoms with Gasteiger partial charge in [0.2, 0.25) is 5.82 Å². The van der Waals surface area contributed by atoms with Crippen LogP contribution in [0, 0.1) is 0 Å². The molecule has 0 radical (unpaired) electrons. The predicted molar refractivity (Wildman–Crippen MR) is 126 cm³/mol. The van der Waals surface area contributed by atoms with Crippen LogP contribution in [0.1, 0.15) is 37.9 Å². The van der Waals surface area contributed by atoms with Crippen molar-refractivity contribution in [3.05, 3.63) is 52.7 Å². The predicted octanol–water partition coefficient (Wildman–Crippen LogP) is 5.76. The topological polar surface area (TPSA) is 90.4 Å². The average Bonchev–Trinajstić information content (AvgIpc) is 3.49. The second-order valence-corrected chi connectivity index (χ2v) is 8.92. The van der Waals surface area contributed by atoms with E-state index in [0.29, 0.717) is 34.6 Å². The molecule has 2 aromatic heterocycles. The van der Waals surface area contributed by atoms with Crippen molar-refractivity contribution in [1.82, 2.24) is 14.7 Å². The van der Waals surface area contributed by atoms with E-state index < -0.39 is 5.97 Å². The molecule has 0 fully saturated rings. The van der Waals surface area contributed by atoms with Gasteiger partial charge in [0.05, 0.1) is 17.5 Å². The molecule has 2 aromatic carbocycles. The molecule has 0 spiro atoms. The summed E-state index contributed by atoms with van der Waals surface area (Å²) in [6.07, 6.45) is 3.07. The highest BCUT2D eigenvalue weighted by atomic mass is 35.5. The quantitative estimate of drug-likeness (QED) is 0.373. The van der Waals surface area contributed by atoms with Gasteiger partial charge in [-0.25, -0.2) is 0 Å². The molecule has 1 N–H and O–H groups in total. The molecule has 0 unspecified atom stereocenters. The van der Waals surface area contributed by atoms with E-state index in [0.717, 1.165) is 35.7 Å². The van der Waals surface area contributed by atoms with Gasteiger partial charge in [-0.2, -0.15) is 4.98 Å². The van der Waals surface area contributed by atoms with Crippen LogP contribution in [-0.4, -0.2) is 31.9 Å². The van der Waals surface area contributed by atoms with Crippen molar-refractivity contribution in [3.8, 4) is 28.6 Å². The fourth-order valence-corrected chi connectivity index (χ4v) is 4.83. The molecule has 1 aliphatic carbocycles. The van der Waals surface area contributed by atoms with E-state index in [4.69, 9.17) is 20.9 Å². The van der Waals surface area contributed by atoms with Crippen LogP contribution < -0.4 is 4.74 Å². The van der Waals surface area contributed by atoms with Crippen molar-refractivity contribution in [2.24, 2.45) is 0 Å². The number of aliphatic carboxylic acids is 1. The molecular formula is C25H24ClN3O4. The maximum atomic E-state index is 11.2. The fourth-order valence-electron chi connectivity index (χ4n) is 4.61. The Balaban J connectivity index is 1.55. The molecular weight excluding hydrogens is 442 g/mol. The number of carboxylic acids is 1. The Morgan fingerprint density at radius 1 is 1.27 bits per heavy atom. The lowest BCUT2D eigenvalue weighted by Gasteiger charge is -2.11. The molecule has 5 rings (SSSR count). The number of ether oxygens (including phenoxy) is 1. The second kappa shape index (κ2) is 8.56. The number of aryl methyl sites for hydroxylation is 2. The van der Waals surface area contributed by atoms with E-state index in [2.05, 4.69) is 14.7 Å². The third kappa shape index (κ3) is 3.97. The largest absolute Gasteiger partial charge is 0.489 e. The lowest BCUT2D eigenvalue weighted by Crippen LogP contribution is -2.07. The normalized spacial score (nSPS) is 13.1. The van der Waals surface area contributed by atoms with Crippen LogP contribution in [0.2, 0.25) is 5.02 Å². The fraction of sp³-hybridized carbons (Fsp3) is 0.320. The summed E-state index contributed by atoms with van der Waals surface area (Å²) in [6, 6.07) is 11.4. The van der Waals surface area contributed by atoms with Crippen LogP contribution in [0.5, 0.6) is 5.75 Å². The molecule has 2 heterocycles. The number of halogens is 1. The second-order valence-electron chi connectivity index (χ2n) is 8.51. The number of carboxylic acid groups (broad SMARTS) is 1. The Labute approximate surface area is 195 Å². The summed E-state index contributed by atoms with van der Waals surface area (Å²) in [5.41, 5.74) is 5.10. The van der Waals surface area contributed by atoms with Gasteiger partial charge in [-0.3, -0.25) is 4.79 Å². The first-order valence-electron chi connectivity index (χ1n) is 11.1. The Kier molecular flexibility index (Phi) is 5.58. The van der Waals surface area contributed by atoms with Gasteiger partial charge in [-0.05, 0) is 62.9 Å². The molecule has 8 heteroatoms. The Bertz CT molecular complexity index is 1360. The summed E-state index contributed by atoms with van der Waals surface area (Å²) in [5, 5.41) is 15.0. The third-order valence-electron chi connectivity index (χ3n) is 5.91. The van der Waals surface area contributed by atoms with Gasteiger partial charge in [-0.15, -0.1) is 0 Å². The highest BCUT2D eigenvalue weighted by Crippen LogP contribution is 2.39. The molecule has 0 amide bonds. The number of hydrogen-bond acceptors (Lipinski definition) is 5. The summed E-state index contributed by atoms with van der Waals surface area (Å²) < 4.78 is 13.4. The van der Waals surface area contributed by atoms with Crippen molar-refractivity contribution in [1.29, 1.82) is 0 Å². The van der Waals surface area contributed by atoms with Gasteiger partial charge in [0, 0.05) is 34.3 Å². The third-order valence-corrected chi connectivity index (χ3v) is 6.20. The van der Waals surface area contributed by atoms with Crippen molar-refractivity contribution < 1.29 is 19.2 Å². The summed E-state index contributed by atoms with van der Waals surface area (Å²) in [4.78, 5) is 15.9. The van der Waals surface area contributed by atoms with Crippen LogP contribution in [0.15, 0.2) is 40.9 Å². The van der Waals surface area contributed by atoms with Gasteiger partial charge in [0.1, 0.15) is 5.75 Å². The lowest BCUT2D eigenvalue weighted by molar-refractivity contribution is -0.137. The Morgan fingerprint density at radius 2 is 2.12 bits per heavy atom. The van der Waals surface area contributed by atoms with Crippen molar-refractivity contribution in [2.45, 2.75) is 52.2 Å². The molecule has 33 heavy (non-hydrogen) atoms. The van der Waals surface area contributed by atoms with Crippen LogP contribution in [0.4, 0.5) is 0 Å². The number of aromatic nitrogens is 3. The number of hydrogen-bond donors (Lipinski definition) is 1. The van der Waals surface area contributed by atoms with E-state index >= 15 is 0 Å². The minimum absolute atomic E-state index is 0.0216. The lowest BCUT2D eigenvalue weighted by atomic mass is 10.0. The van der Waals surface area contributed by atoms with E-state index in [-0.39, 0.29) is 12.5 Å². The number of benzene rings is 2. The SMILES string of the molecule is CC(C)Oc1ccc(-c2nc(-c3cccc4c3c3c(n4CCC(=O)O)CCC3)no2)cc1Cl. The zero-order valence-electron chi connectivity index (χ0n) is 18.5. The smallest absolute Gasteiger partial charge is 0.305 e. The molecule has 0 saturated heterocycles. The zero-order valence-corrected chi connectivity index (χ0v) is 19.2. The first-order valence-corrected chi connectivity index (χ1v) is 11.5. The Morgan fingerprint density at radius 3 is 2.88 bits per heavy atom. The van der Waals surface area contributed by atoms with Crippen LogP contribution in [-0.2, 0) is 24.2 Å². The summed E-state index contributed by atoms with van der Waals surface area (Å²) >= 11 is 6.38. The molecule has 1 aliphatic rings. The first kappa shape index (κ1) is 21.5. The highest BCUT2D eigenvalue weighted by Gasteiger charge is 2.25. The molecule has 7 nitrogen and oxygen atoms in total. The van der Waals surface area contributed by atoms with Gasteiger partial charge in [0.15, 0.2) is 0 Å². The molecule has 4 aromatic rings. The molecule has 0 saturated carbocycles. The van der Waals surface area contributed by atoms with E-state index in [1.165, 1.54) is 11.3 Å².